The van der Waals surface area contributed by atoms with Crippen molar-refractivity contribution in [2.45, 2.75) is 56.1 Å². The Morgan fingerprint density at radius 1 is 1.32 bits per heavy atom. The Balaban J connectivity index is 0.00000225. The number of nitrogens with zero attached hydrogens (tertiary/aromatic N) is 6. The monoisotopic (exact) mass is 383 g/mol. The predicted octanol–water partition coefficient (Wildman–Crippen LogP) is 2.82. The van der Waals surface area contributed by atoms with Crippen LogP contribution in [0.25, 0.3) is 0 Å². The molecule has 25 heavy (non-hydrogen) atoms. The molecule has 0 amide bonds. The molecular formula is C16H26ClN7S. The minimum absolute atomic E-state index is 0. The number of nitrogens with one attached hydrogen (secondary N) is 1. The molecule has 3 heterocycles. The summed E-state index contributed by atoms with van der Waals surface area (Å²) in [5.74, 6) is 3.27. The maximum atomic E-state index is 4.49. The van der Waals surface area contributed by atoms with Gasteiger partial charge in [-0.15, -0.1) is 39.4 Å². The highest BCUT2D eigenvalue weighted by atomic mass is 35.5. The quantitative estimate of drug-likeness (QED) is 0.585. The van der Waals surface area contributed by atoms with Crippen LogP contribution in [-0.4, -0.2) is 42.6 Å². The van der Waals surface area contributed by atoms with Crippen molar-refractivity contribution < 1.29 is 0 Å². The lowest BCUT2D eigenvalue weighted by Crippen LogP contribution is -2.28. The fraction of sp³-hybridized carbons (Fsp3) is 0.625. The van der Waals surface area contributed by atoms with Crippen molar-refractivity contribution >= 4 is 24.2 Å². The number of halogens is 1. The largest absolute Gasteiger partial charge is 0.317 e. The first-order valence-corrected chi connectivity index (χ1v) is 9.45. The van der Waals surface area contributed by atoms with Crippen molar-refractivity contribution in [1.29, 1.82) is 0 Å². The summed E-state index contributed by atoms with van der Waals surface area (Å²) < 4.78 is 4.29. The van der Waals surface area contributed by atoms with Gasteiger partial charge in [-0.1, -0.05) is 17.8 Å². The highest BCUT2D eigenvalue weighted by Gasteiger charge is 2.23. The van der Waals surface area contributed by atoms with Crippen LogP contribution < -0.4 is 5.32 Å². The van der Waals surface area contributed by atoms with Gasteiger partial charge in [-0.2, -0.15) is 0 Å². The standard InChI is InChI=1S/C16H25N7S.ClH/c1-4-9-22-15(13-5-7-17-8-6-13)20-21-16(22)24-10-14-19-18-11-23(14)12(2)3;/h4,11-13,17H,1,5-10H2,2-3H3;1H. The summed E-state index contributed by atoms with van der Waals surface area (Å²) >= 11 is 1.66. The highest BCUT2D eigenvalue weighted by molar-refractivity contribution is 7.98. The molecule has 1 N–H and O–H groups in total. The summed E-state index contributed by atoms with van der Waals surface area (Å²) in [4.78, 5) is 0. The van der Waals surface area contributed by atoms with Crippen molar-refractivity contribution in [3.05, 3.63) is 30.6 Å². The molecule has 7 nitrogen and oxygen atoms in total. The van der Waals surface area contributed by atoms with Crippen molar-refractivity contribution in [1.82, 2.24) is 34.8 Å². The van der Waals surface area contributed by atoms with Gasteiger partial charge >= 0.3 is 0 Å². The Labute approximate surface area is 159 Å². The van der Waals surface area contributed by atoms with E-state index in [-0.39, 0.29) is 12.4 Å². The van der Waals surface area contributed by atoms with Crippen LogP contribution in [-0.2, 0) is 12.3 Å². The van der Waals surface area contributed by atoms with Crippen LogP contribution >= 0.6 is 24.2 Å². The Morgan fingerprint density at radius 3 is 2.76 bits per heavy atom. The molecule has 9 heteroatoms. The summed E-state index contributed by atoms with van der Waals surface area (Å²) in [6.07, 6.45) is 5.92. The summed E-state index contributed by atoms with van der Waals surface area (Å²) in [7, 11) is 0. The fourth-order valence-corrected chi connectivity index (χ4v) is 3.91. The van der Waals surface area contributed by atoms with Crippen molar-refractivity contribution in [3.8, 4) is 0 Å². The van der Waals surface area contributed by atoms with E-state index in [1.807, 2.05) is 6.08 Å². The number of aromatic nitrogens is 6. The van der Waals surface area contributed by atoms with Gasteiger partial charge in [0, 0.05) is 18.5 Å². The Bertz CT molecular complexity index is 676. The number of hydrogen-bond donors (Lipinski definition) is 1. The lowest BCUT2D eigenvalue weighted by Gasteiger charge is -2.22. The van der Waals surface area contributed by atoms with Gasteiger partial charge in [-0.3, -0.25) is 0 Å². The smallest absolute Gasteiger partial charge is 0.191 e. The number of thioether (sulfide) groups is 1. The molecule has 0 unspecified atom stereocenters. The van der Waals surface area contributed by atoms with Crippen LogP contribution in [0.15, 0.2) is 24.1 Å². The molecule has 138 valence electrons. The van der Waals surface area contributed by atoms with Crippen LogP contribution in [0.2, 0.25) is 0 Å². The Kier molecular flexibility index (Phi) is 7.46. The van der Waals surface area contributed by atoms with Crippen LogP contribution in [0, 0.1) is 0 Å². The maximum absolute atomic E-state index is 4.49. The van der Waals surface area contributed by atoms with E-state index >= 15 is 0 Å². The van der Waals surface area contributed by atoms with E-state index < -0.39 is 0 Å². The molecule has 3 rings (SSSR count). The molecule has 0 bridgehead atoms. The molecule has 1 aliphatic rings. The van der Waals surface area contributed by atoms with Gasteiger partial charge < -0.3 is 14.5 Å². The van der Waals surface area contributed by atoms with E-state index in [1.54, 1.807) is 18.1 Å². The van der Waals surface area contributed by atoms with Crippen LogP contribution in [0.5, 0.6) is 0 Å². The van der Waals surface area contributed by atoms with Gasteiger partial charge in [-0.05, 0) is 39.8 Å². The van der Waals surface area contributed by atoms with Crippen LogP contribution in [0.1, 0.15) is 50.3 Å². The molecule has 2 aromatic rings. The van der Waals surface area contributed by atoms with E-state index in [0.29, 0.717) is 12.0 Å². The van der Waals surface area contributed by atoms with Crippen molar-refractivity contribution in [3.63, 3.8) is 0 Å². The van der Waals surface area contributed by atoms with Gasteiger partial charge in [0.2, 0.25) is 0 Å². The second-order valence-corrected chi connectivity index (χ2v) is 7.24. The molecular weight excluding hydrogens is 358 g/mol. The van der Waals surface area contributed by atoms with E-state index in [4.69, 9.17) is 0 Å². The minimum atomic E-state index is 0. The molecule has 0 radical (unpaired) electrons. The SMILES string of the molecule is C=CCn1c(SCc2nncn2C(C)C)nnc1C1CCNCC1.Cl. The Morgan fingerprint density at radius 2 is 2.08 bits per heavy atom. The van der Waals surface area contributed by atoms with Gasteiger partial charge in [0.1, 0.15) is 18.0 Å². The Hall–Kier alpha value is -1.38. The number of allylic oxidation sites excluding steroid dienone is 1. The average Bonchev–Trinajstić information content (AvgIpc) is 3.21. The maximum Gasteiger partial charge on any atom is 0.191 e. The highest BCUT2D eigenvalue weighted by Crippen LogP contribution is 2.28. The molecule has 0 aromatic carbocycles. The van der Waals surface area contributed by atoms with E-state index in [0.717, 1.165) is 55.0 Å². The third-order valence-electron chi connectivity index (χ3n) is 4.30. The zero-order valence-electron chi connectivity index (χ0n) is 14.8. The predicted molar refractivity (Wildman–Crippen MR) is 102 cm³/mol. The third-order valence-corrected chi connectivity index (χ3v) is 5.26. The zero-order valence-corrected chi connectivity index (χ0v) is 16.4. The number of rotatable bonds is 7. The number of hydrogen-bond acceptors (Lipinski definition) is 6. The molecule has 0 saturated carbocycles. The second kappa shape index (κ2) is 9.35. The normalized spacial score (nSPS) is 15.3. The first kappa shape index (κ1) is 19.9. The van der Waals surface area contributed by atoms with Crippen molar-refractivity contribution in [2.75, 3.05) is 13.1 Å². The first-order chi connectivity index (χ1) is 11.7. The lowest BCUT2D eigenvalue weighted by molar-refractivity contribution is 0.431. The number of piperidine rings is 1. The van der Waals surface area contributed by atoms with Crippen LogP contribution in [0.4, 0.5) is 0 Å². The average molecular weight is 384 g/mol. The minimum Gasteiger partial charge on any atom is -0.317 e. The second-order valence-electron chi connectivity index (χ2n) is 6.30. The van der Waals surface area contributed by atoms with Gasteiger partial charge in [0.25, 0.3) is 0 Å². The van der Waals surface area contributed by atoms with E-state index in [1.165, 1.54) is 0 Å². The molecule has 0 spiro atoms. The third kappa shape index (κ3) is 4.62. The fourth-order valence-electron chi connectivity index (χ4n) is 3.02. The van der Waals surface area contributed by atoms with E-state index in [9.17, 15) is 0 Å². The summed E-state index contributed by atoms with van der Waals surface area (Å²) in [6.45, 7) is 11.0. The van der Waals surface area contributed by atoms with Gasteiger partial charge in [0.05, 0.1) is 5.75 Å². The molecule has 0 atom stereocenters. The van der Waals surface area contributed by atoms with Crippen LogP contribution in [0.3, 0.4) is 0 Å². The van der Waals surface area contributed by atoms with E-state index in [2.05, 4.69) is 55.3 Å². The molecule has 2 aromatic heterocycles. The molecule has 1 aliphatic heterocycles. The topological polar surface area (TPSA) is 73.5 Å². The summed E-state index contributed by atoms with van der Waals surface area (Å²) in [5.41, 5.74) is 0. The van der Waals surface area contributed by atoms with Gasteiger partial charge in [-0.25, -0.2) is 0 Å². The molecule has 1 saturated heterocycles. The zero-order chi connectivity index (χ0) is 16.9. The molecule has 0 aliphatic carbocycles. The summed E-state index contributed by atoms with van der Waals surface area (Å²) in [6, 6.07) is 0.354. The van der Waals surface area contributed by atoms with Gasteiger partial charge in [0.15, 0.2) is 5.16 Å². The first-order valence-electron chi connectivity index (χ1n) is 8.46. The lowest BCUT2D eigenvalue weighted by atomic mass is 9.97. The van der Waals surface area contributed by atoms with Crippen molar-refractivity contribution in [2.24, 2.45) is 0 Å². The molecule has 1 fully saturated rings. The summed E-state index contributed by atoms with van der Waals surface area (Å²) in [5, 5.41) is 21.5.